The van der Waals surface area contributed by atoms with Crippen molar-refractivity contribution in [3.05, 3.63) is 0 Å². The van der Waals surface area contributed by atoms with Crippen LogP contribution in [0.2, 0.25) is 0 Å². The maximum absolute atomic E-state index is 10.7. The van der Waals surface area contributed by atoms with Crippen molar-refractivity contribution in [1.82, 2.24) is 0 Å². The van der Waals surface area contributed by atoms with Gasteiger partial charge in [-0.1, -0.05) is 0 Å². The third kappa shape index (κ3) is 18.1. The average molecular weight is 375 g/mol. The fourth-order valence-corrected chi connectivity index (χ4v) is 0. The molecule has 1 N–H and O–H groups in total. The van der Waals surface area contributed by atoms with Crippen LogP contribution in [0.25, 0.3) is 0 Å². The first-order valence-corrected chi connectivity index (χ1v) is 2.73. The Hall–Kier alpha value is 0.168. The monoisotopic (exact) mass is 374 g/mol. The van der Waals surface area contributed by atoms with Crippen LogP contribution in [-0.4, -0.2) is 42.9 Å². The Morgan fingerprint density at radius 1 is 0.857 bits per heavy atom. The van der Waals surface area contributed by atoms with Crippen molar-refractivity contribution in [2.45, 2.75) is 5.51 Å². The number of hydrogen-bond acceptors (Lipinski definition) is 2. The Kier molecular flexibility index (Phi) is 45.0. The molecule has 3 nitrogen and oxygen atoms in total. The van der Waals surface area contributed by atoms with Crippen LogP contribution in [0.1, 0.15) is 0 Å². The van der Waals surface area contributed by atoms with Gasteiger partial charge < -0.3 is 0 Å². The summed E-state index contributed by atoms with van der Waals surface area (Å²) in [6, 6.07) is 0. The molecule has 0 aliphatic heterocycles. The molecule has 0 spiro atoms. The van der Waals surface area contributed by atoms with E-state index in [0.717, 1.165) is 0 Å². The van der Waals surface area contributed by atoms with Gasteiger partial charge in [0.05, 0.1) is 0 Å². The van der Waals surface area contributed by atoms with Gasteiger partial charge in [-0.15, -0.1) is 0 Å². The van der Waals surface area contributed by atoms with E-state index in [4.69, 9.17) is 13.0 Å². The van der Waals surface area contributed by atoms with Gasteiger partial charge in [0.15, 0.2) is 0 Å². The van der Waals surface area contributed by atoms with E-state index in [1.807, 2.05) is 0 Å². The van der Waals surface area contributed by atoms with Crippen LogP contribution in [0.15, 0.2) is 0 Å². The molecule has 0 aromatic heterocycles. The van der Waals surface area contributed by atoms with Gasteiger partial charge >= 0.3 is 40.1 Å². The first-order chi connectivity index (χ1) is 3.25. The van der Waals surface area contributed by atoms with E-state index >= 15 is 0 Å². The van der Waals surface area contributed by atoms with Gasteiger partial charge in [-0.05, 0) is 0 Å². The zero-order chi connectivity index (χ0) is 7.00. The van der Waals surface area contributed by atoms with Crippen LogP contribution in [0.5, 0.6) is 0 Å². The molecule has 0 heterocycles. The standard InChI is InChI=1S/CHF3O3S.5FH.Sb.3H/c2-1(3,4)8(5,6)7;;;;;;;;;/h(H,5,6,7);5*1H;;;;. The molecule has 0 bridgehead atoms. The molecule has 0 amide bonds. The Labute approximate surface area is 90.1 Å². The van der Waals surface area contributed by atoms with Crippen LogP contribution >= 0.6 is 0 Å². The summed E-state index contributed by atoms with van der Waals surface area (Å²) in [6.45, 7) is 0. The van der Waals surface area contributed by atoms with Crippen molar-refractivity contribution in [1.29, 1.82) is 0 Å². The second-order valence-corrected chi connectivity index (χ2v) is 2.33. The summed E-state index contributed by atoms with van der Waals surface area (Å²) in [5, 5.41) is 0. The molecule has 13 heteroatoms. The quantitative estimate of drug-likeness (QED) is 0.280. The van der Waals surface area contributed by atoms with Crippen molar-refractivity contribution in [2.24, 2.45) is 0 Å². The van der Waals surface area contributed by atoms with Crippen molar-refractivity contribution >= 4 is 34.5 Å². The van der Waals surface area contributed by atoms with E-state index in [9.17, 15) is 13.2 Å². The van der Waals surface area contributed by atoms with Crippen LogP contribution in [-0.2, 0) is 10.1 Å². The number of hydrogen-bond donors (Lipinski definition) is 1. The fourth-order valence-electron chi connectivity index (χ4n) is 0. The molecule has 0 unspecified atom stereocenters. The van der Waals surface area contributed by atoms with Crippen LogP contribution < -0.4 is 0 Å². The van der Waals surface area contributed by atoms with E-state index in [-0.39, 0.29) is 47.9 Å². The SMILES string of the molecule is F.F.F.F.F.O=S(=O)(O)C(F)(F)F.[SbH3]. The molecule has 98 valence electrons. The molecule has 0 aliphatic carbocycles. The molecular formula is CH9F8O3SSb. The maximum atomic E-state index is 10.7. The summed E-state index contributed by atoms with van der Waals surface area (Å²) in [5.41, 5.74) is -5.53. The summed E-state index contributed by atoms with van der Waals surface area (Å²) in [4.78, 5) is 0. The second-order valence-electron chi connectivity index (χ2n) is 0.921. The summed E-state index contributed by atoms with van der Waals surface area (Å²) in [6.07, 6.45) is 0. The predicted molar refractivity (Wildman–Crippen MR) is 40.1 cm³/mol. The van der Waals surface area contributed by atoms with Crippen molar-refractivity contribution in [3.8, 4) is 0 Å². The van der Waals surface area contributed by atoms with Gasteiger partial charge in [-0.3, -0.25) is 28.1 Å². The van der Waals surface area contributed by atoms with E-state index in [0.29, 0.717) is 0 Å². The molecule has 0 saturated heterocycles. The molecule has 0 radical (unpaired) electrons. The predicted octanol–water partition coefficient (Wildman–Crippen LogP) is -0.0274. The van der Waals surface area contributed by atoms with Crippen LogP contribution in [0.3, 0.4) is 0 Å². The van der Waals surface area contributed by atoms with Gasteiger partial charge in [0, 0.05) is 0 Å². The Morgan fingerprint density at radius 3 is 0.929 bits per heavy atom. The molecule has 0 rings (SSSR count). The van der Waals surface area contributed by atoms with Gasteiger partial charge in [-0.25, -0.2) is 0 Å². The Balaban J connectivity index is -0.0000000163. The van der Waals surface area contributed by atoms with Crippen molar-refractivity contribution in [2.75, 3.05) is 0 Å². The molecule has 0 saturated carbocycles. The minimum atomic E-state index is -5.84. The Bertz CT molecular complexity index is 174. The zero-order valence-electron chi connectivity index (χ0n) is 6.05. The Morgan fingerprint density at radius 2 is 0.929 bits per heavy atom. The second kappa shape index (κ2) is 13.2. The zero-order valence-corrected chi connectivity index (χ0v) is 10.9. The normalized spacial score (nSPS) is 8.00. The summed E-state index contributed by atoms with van der Waals surface area (Å²) in [7, 11) is -5.84. The summed E-state index contributed by atoms with van der Waals surface area (Å²) >= 11 is 0. The molecular weight excluding hydrogens is 366 g/mol. The minimum absolute atomic E-state index is 0. The van der Waals surface area contributed by atoms with Crippen LogP contribution in [0.4, 0.5) is 36.7 Å². The summed E-state index contributed by atoms with van der Waals surface area (Å²) in [5.74, 6) is 0. The third-order valence-corrected chi connectivity index (χ3v) is 0.877. The molecule has 0 fully saturated rings. The van der Waals surface area contributed by atoms with E-state index in [1.165, 1.54) is 0 Å². The van der Waals surface area contributed by atoms with E-state index in [1.54, 1.807) is 0 Å². The van der Waals surface area contributed by atoms with Gasteiger partial charge in [0.2, 0.25) is 0 Å². The van der Waals surface area contributed by atoms with Gasteiger partial charge in [0.1, 0.15) is 0 Å². The number of halogens is 8. The number of rotatable bonds is 0. The topological polar surface area (TPSA) is 54.4 Å². The number of alkyl halides is 3. The first kappa shape index (κ1) is 47.8. The molecule has 0 aromatic rings. The van der Waals surface area contributed by atoms with Gasteiger partial charge in [-0.2, -0.15) is 21.6 Å². The molecule has 0 aliphatic rings. The first-order valence-electron chi connectivity index (χ1n) is 1.29. The van der Waals surface area contributed by atoms with Gasteiger partial charge in [0.25, 0.3) is 0 Å². The fraction of sp³-hybridized carbons (Fsp3) is 1.00. The molecule has 14 heavy (non-hydrogen) atoms. The van der Waals surface area contributed by atoms with E-state index < -0.39 is 15.6 Å². The molecule has 0 atom stereocenters. The summed E-state index contributed by atoms with van der Waals surface area (Å²) < 4.78 is 57.5. The van der Waals surface area contributed by atoms with Crippen molar-refractivity contribution in [3.63, 3.8) is 0 Å². The van der Waals surface area contributed by atoms with E-state index in [2.05, 4.69) is 0 Å². The average Bonchev–Trinajstić information content (AvgIpc) is 1.25. The third-order valence-electron chi connectivity index (χ3n) is 0.292. The molecule has 0 aromatic carbocycles. The van der Waals surface area contributed by atoms with Crippen LogP contribution in [0, 0.1) is 0 Å². The van der Waals surface area contributed by atoms with Crippen molar-refractivity contribution < 1.29 is 49.7 Å².